The van der Waals surface area contributed by atoms with Crippen LogP contribution in [0.1, 0.15) is 22.1 Å². The lowest BCUT2D eigenvalue weighted by atomic mass is 10.1. The monoisotopic (exact) mass is 244 g/mol. The number of nitrogens with zero attached hydrogens (tertiary/aromatic N) is 2. The van der Waals surface area contributed by atoms with Gasteiger partial charge in [-0.2, -0.15) is 0 Å². The molecule has 1 heterocycles. The molecule has 6 heteroatoms. The van der Waals surface area contributed by atoms with Crippen molar-refractivity contribution in [1.82, 2.24) is 10.2 Å². The van der Waals surface area contributed by atoms with E-state index < -0.39 is 11.8 Å². The Hall–Kier alpha value is -2.76. The Balaban J connectivity index is 2.20. The first-order valence-corrected chi connectivity index (χ1v) is 5.01. The summed E-state index contributed by atoms with van der Waals surface area (Å²) in [5.74, 6) is -1.75. The number of carbonyl (C=O) groups is 2. The molecule has 1 aromatic carbocycles. The lowest BCUT2D eigenvalue weighted by molar-refractivity contribution is -0.131. The van der Waals surface area contributed by atoms with E-state index >= 15 is 0 Å². The topological polar surface area (TPSA) is 93.3 Å². The minimum absolute atomic E-state index is 0.0309. The summed E-state index contributed by atoms with van der Waals surface area (Å²) in [5.41, 5.74) is 0.426. The maximum Gasteiger partial charge on any atom is 0.328 e. The summed E-state index contributed by atoms with van der Waals surface area (Å²) >= 11 is 0. The fourth-order valence-corrected chi connectivity index (χ4v) is 1.25. The molecule has 0 radical (unpaired) electrons. The number of rotatable bonds is 4. The number of hydrogen-bond donors (Lipinski definition) is 1. The van der Waals surface area contributed by atoms with Crippen LogP contribution in [0.3, 0.4) is 0 Å². The van der Waals surface area contributed by atoms with Crippen LogP contribution >= 0.6 is 0 Å². The Morgan fingerprint density at radius 1 is 1.17 bits per heavy atom. The van der Waals surface area contributed by atoms with Crippen molar-refractivity contribution >= 4 is 17.8 Å². The molecule has 0 unspecified atom stereocenters. The number of carbonyl (C=O) groups excluding carboxylic acids is 1. The molecule has 0 aliphatic carbocycles. The molecular weight excluding hydrogens is 236 g/mol. The highest BCUT2D eigenvalue weighted by Gasteiger charge is 2.15. The molecule has 18 heavy (non-hydrogen) atoms. The van der Waals surface area contributed by atoms with Crippen molar-refractivity contribution in [3.8, 4) is 0 Å². The number of hydrogen-bond acceptors (Lipinski definition) is 5. The van der Waals surface area contributed by atoms with Gasteiger partial charge in [0.1, 0.15) is 0 Å². The molecule has 0 aliphatic heterocycles. The molecule has 0 fully saturated rings. The third-order valence-electron chi connectivity index (χ3n) is 2.04. The number of aliphatic carboxylic acids is 1. The quantitative estimate of drug-likeness (QED) is 0.645. The van der Waals surface area contributed by atoms with E-state index in [9.17, 15) is 9.59 Å². The molecule has 0 spiro atoms. The summed E-state index contributed by atoms with van der Waals surface area (Å²) < 4.78 is 5.03. The van der Waals surface area contributed by atoms with Crippen molar-refractivity contribution in [2.24, 2.45) is 0 Å². The first kappa shape index (κ1) is 11.7. The lowest BCUT2D eigenvalue weighted by Crippen LogP contribution is -2.00. The van der Waals surface area contributed by atoms with Crippen LogP contribution in [0.5, 0.6) is 0 Å². The van der Waals surface area contributed by atoms with Crippen LogP contribution in [0, 0.1) is 0 Å². The molecule has 2 rings (SSSR count). The Bertz CT molecular complexity index is 602. The number of carboxylic acid groups (broad SMARTS) is 1. The molecule has 90 valence electrons. The van der Waals surface area contributed by atoms with E-state index in [2.05, 4.69) is 10.2 Å². The minimum Gasteiger partial charge on any atom is -0.478 e. The van der Waals surface area contributed by atoms with Crippen molar-refractivity contribution < 1.29 is 19.1 Å². The predicted molar refractivity (Wildman–Crippen MR) is 60.8 cm³/mol. The maximum absolute atomic E-state index is 11.9. The van der Waals surface area contributed by atoms with Gasteiger partial charge in [-0.15, -0.1) is 10.2 Å². The van der Waals surface area contributed by atoms with E-state index in [-0.39, 0.29) is 11.8 Å². The van der Waals surface area contributed by atoms with Gasteiger partial charge in [-0.05, 0) is 0 Å². The molecule has 0 atom stereocenters. The second kappa shape index (κ2) is 5.05. The molecule has 1 aromatic heterocycles. The number of carboxylic acids is 1. The zero-order chi connectivity index (χ0) is 13.0. The Morgan fingerprint density at radius 2 is 1.89 bits per heavy atom. The van der Waals surface area contributed by atoms with Gasteiger partial charge < -0.3 is 9.52 Å². The average Bonchev–Trinajstić information content (AvgIpc) is 2.85. The largest absolute Gasteiger partial charge is 0.478 e. The Kier molecular flexibility index (Phi) is 3.29. The predicted octanol–water partition coefficient (Wildman–Crippen LogP) is 1.40. The van der Waals surface area contributed by atoms with Gasteiger partial charge in [-0.3, -0.25) is 4.79 Å². The number of ketones is 1. The van der Waals surface area contributed by atoms with Crippen molar-refractivity contribution in [2.45, 2.75) is 0 Å². The molecule has 0 saturated heterocycles. The molecule has 0 aliphatic rings. The lowest BCUT2D eigenvalue weighted by Gasteiger charge is -1.93. The SMILES string of the molecule is O=C(O)/C=C/c1nnc(C(=O)c2ccccc2)o1. The Morgan fingerprint density at radius 3 is 2.56 bits per heavy atom. The molecule has 6 nitrogen and oxygen atoms in total. The molecular formula is C12H8N2O4. The highest BCUT2D eigenvalue weighted by Crippen LogP contribution is 2.09. The standard InChI is InChI=1S/C12H8N2O4/c15-10(16)7-6-9-13-14-12(18-9)11(17)8-4-2-1-3-5-8/h1-7H,(H,15,16)/b7-6+. The van der Waals surface area contributed by atoms with Crippen LogP contribution in [0.15, 0.2) is 40.8 Å². The zero-order valence-corrected chi connectivity index (χ0v) is 9.11. The average molecular weight is 244 g/mol. The van der Waals surface area contributed by atoms with Crippen molar-refractivity contribution in [3.63, 3.8) is 0 Å². The zero-order valence-electron chi connectivity index (χ0n) is 9.11. The van der Waals surface area contributed by atoms with E-state index in [4.69, 9.17) is 9.52 Å². The van der Waals surface area contributed by atoms with Crippen LogP contribution in [0.2, 0.25) is 0 Å². The van der Waals surface area contributed by atoms with Gasteiger partial charge in [0.2, 0.25) is 11.7 Å². The molecule has 2 aromatic rings. The van der Waals surface area contributed by atoms with Crippen molar-refractivity contribution in [2.75, 3.05) is 0 Å². The van der Waals surface area contributed by atoms with Crippen LogP contribution in [-0.2, 0) is 4.79 Å². The maximum atomic E-state index is 11.9. The van der Waals surface area contributed by atoms with E-state index in [0.717, 1.165) is 12.2 Å². The normalized spacial score (nSPS) is 10.7. The van der Waals surface area contributed by atoms with Crippen LogP contribution < -0.4 is 0 Å². The van der Waals surface area contributed by atoms with E-state index in [1.807, 2.05) is 0 Å². The van der Waals surface area contributed by atoms with Gasteiger partial charge in [0.15, 0.2) is 0 Å². The minimum atomic E-state index is -1.14. The Labute approximate surface area is 102 Å². The van der Waals surface area contributed by atoms with E-state index in [0.29, 0.717) is 5.56 Å². The summed E-state index contributed by atoms with van der Waals surface area (Å²) in [7, 11) is 0. The van der Waals surface area contributed by atoms with Gasteiger partial charge in [-0.25, -0.2) is 4.79 Å². The third kappa shape index (κ3) is 2.67. The molecule has 0 saturated carbocycles. The first-order chi connectivity index (χ1) is 8.66. The second-order valence-corrected chi connectivity index (χ2v) is 3.31. The summed E-state index contributed by atoms with van der Waals surface area (Å²) in [6.45, 7) is 0. The van der Waals surface area contributed by atoms with Gasteiger partial charge in [0.25, 0.3) is 5.89 Å². The van der Waals surface area contributed by atoms with Crippen LogP contribution in [0.4, 0.5) is 0 Å². The number of benzene rings is 1. The summed E-state index contributed by atoms with van der Waals surface area (Å²) in [6, 6.07) is 8.47. The van der Waals surface area contributed by atoms with E-state index in [1.165, 1.54) is 0 Å². The fourth-order valence-electron chi connectivity index (χ4n) is 1.25. The van der Waals surface area contributed by atoms with Crippen LogP contribution in [0.25, 0.3) is 6.08 Å². The fraction of sp³-hybridized carbons (Fsp3) is 0. The molecule has 0 amide bonds. The van der Waals surface area contributed by atoms with Gasteiger partial charge in [0, 0.05) is 17.7 Å². The van der Waals surface area contributed by atoms with Gasteiger partial charge in [0.05, 0.1) is 0 Å². The van der Waals surface area contributed by atoms with Crippen LogP contribution in [-0.4, -0.2) is 27.1 Å². The second-order valence-electron chi connectivity index (χ2n) is 3.31. The van der Waals surface area contributed by atoms with E-state index in [1.54, 1.807) is 30.3 Å². The number of aromatic nitrogens is 2. The highest BCUT2D eigenvalue weighted by molar-refractivity contribution is 6.05. The van der Waals surface area contributed by atoms with Crippen molar-refractivity contribution in [1.29, 1.82) is 0 Å². The molecule has 0 bridgehead atoms. The smallest absolute Gasteiger partial charge is 0.328 e. The molecule has 1 N–H and O–H groups in total. The third-order valence-corrected chi connectivity index (χ3v) is 2.04. The highest BCUT2D eigenvalue weighted by atomic mass is 16.4. The van der Waals surface area contributed by atoms with Gasteiger partial charge >= 0.3 is 5.97 Å². The summed E-state index contributed by atoms with van der Waals surface area (Å²) in [4.78, 5) is 22.2. The first-order valence-electron chi connectivity index (χ1n) is 5.01. The van der Waals surface area contributed by atoms with Gasteiger partial charge in [-0.1, -0.05) is 30.3 Å². The van der Waals surface area contributed by atoms with Crippen molar-refractivity contribution in [3.05, 3.63) is 53.8 Å². The summed E-state index contributed by atoms with van der Waals surface area (Å²) in [5, 5.41) is 15.5. The summed E-state index contributed by atoms with van der Waals surface area (Å²) in [6.07, 6.45) is 1.97.